The van der Waals surface area contributed by atoms with Crippen molar-refractivity contribution in [3.05, 3.63) is 58.2 Å². The zero-order valence-electron chi connectivity index (χ0n) is 15.4. The molecule has 144 valence electrons. The van der Waals surface area contributed by atoms with Gasteiger partial charge in [0.15, 0.2) is 23.3 Å². The first kappa shape index (κ1) is 20.7. The third-order valence-corrected chi connectivity index (χ3v) is 4.93. The molecule has 1 aromatic rings. The second kappa shape index (κ2) is 7.55. The molecule has 0 heterocycles. The molecule has 1 aliphatic rings. The number of hydrogen-bond acceptors (Lipinski definition) is 3. The van der Waals surface area contributed by atoms with Gasteiger partial charge in [0.2, 0.25) is 0 Å². The minimum absolute atomic E-state index is 0.294. The highest BCUT2D eigenvalue weighted by atomic mass is 19.2. The molecule has 0 amide bonds. The molecule has 0 saturated heterocycles. The standard InChI is InChI=1S/C20H19F4NO2/c1-5-6-11(8-25)7-13-14(20(13,3)4)19(26)27-9-12-17(23)15(21)10(2)16(22)18(12)24/h5-7,13-14H,9H2,1-4H3/t13-,14+/m1/s1. The molecule has 2 atom stereocenters. The maximum atomic E-state index is 13.9. The maximum Gasteiger partial charge on any atom is 0.310 e. The van der Waals surface area contributed by atoms with Crippen LogP contribution in [0.1, 0.15) is 31.9 Å². The summed E-state index contributed by atoms with van der Waals surface area (Å²) >= 11 is 0. The van der Waals surface area contributed by atoms with Crippen LogP contribution in [-0.2, 0) is 16.1 Å². The number of ether oxygens (including phenoxy) is 1. The quantitative estimate of drug-likeness (QED) is 0.240. The second-order valence-corrected chi connectivity index (χ2v) is 7.03. The zero-order valence-corrected chi connectivity index (χ0v) is 15.4. The number of allylic oxidation sites excluding steroid dienone is 4. The molecule has 0 aromatic heterocycles. The van der Waals surface area contributed by atoms with Gasteiger partial charge in [-0.25, -0.2) is 17.6 Å². The number of benzene rings is 1. The van der Waals surface area contributed by atoms with Gasteiger partial charge in [-0.1, -0.05) is 26.0 Å². The number of rotatable bonds is 5. The highest BCUT2D eigenvalue weighted by Crippen LogP contribution is 2.60. The van der Waals surface area contributed by atoms with Crippen molar-refractivity contribution in [3.8, 4) is 6.07 Å². The van der Waals surface area contributed by atoms with E-state index in [1.54, 1.807) is 39.0 Å². The van der Waals surface area contributed by atoms with Crippen molar-refractivity contribution < 1.29 is 27.1 Å². The number of esters is 1. The van der Waals surface area contributed by atoms with E-state index in [-0.39, 0.29) is 5.92 Å². The molecular weight excluding hydrogens is 362 g/mol. The Morgan fingerprint density at radius 1 is 1.19 bits per heavy atom. The second-order valence-electron chi connectivity index (χ2n) is 7.03. The lowest BCUT2D eigenvalue weighted by molar-refractivity contribution is -0.147. The minimum atomic E-state index is -1.58. The summed E-state index contributed by atoms with van der Waals surface area (Å²) in [5.74, 6) is -7.86. The summed E-state index contributed by atoms with van der Waals surface area (Å²) in [6, 6.07) is 2.00. The Bertz CT molecular complexity index is 852. The fraction of sp³-hybridized carbons (Fsp3) is 0.400. The molecule has 0 unspecified atom stereocenters. The molecule has 1 aliphatic carbocycles. The molecule has 0 radical (unpaired) electrons. The van der Waals surface area contributed by atoms with Crippen LogP contribution in [0.2, 0.25) is 0 Å². The fourth-order valence-electron chi connectivity index (χ4n) is 3.09. The molecule has 7 heteroatoms. The Labute approximate surface area is 154 Å². The molecule has 27 heavy (non-hydrogen) atoms. The van der Waals surface area contributed by atoms with Crippen molar-refractivity contribution in [2.45, 2.75) is 34.3 Å². The third-order valence-electron chi connectivity index (χ3n) is 4.93. The molecular formula is C20H19F4NO2. The molecule has 1 aromatic carbocycles. The van der Waals surface area contributed by atoms with E-state index in [1.807, 2.05) is 6.07 Å². The SMILES string of the molecule is CC=CC(C#N)=C[C@@H]1[C@@H](C(=O)OCc2c(F)c(F)c(C)c(F)c2F)C1(C)C. The first-order valence-electron chi connectivity index (χ1n) is 8.30. The monoisotopic (exact) mass is 381 g/mol. The average molecular weight is 381 g/mol. The van der Waals surface area contributed by atoms with Gasteiger partial charge in [0.1, 0.15) is 6.61 Å². The highest BCUT2D eigenvalue weighted by molar-refractivity contribution is 5.78. The normalized spacial score (nSPS) is 21.2. The van der Waals surface area contributed by atoms with Gasteiger partial charge in [-0.3, -0.25) is 4.79 Å². The van der Waals surface area contributed by atoms with Gasteiger partial charge in [0.05, 0.1) is 17.6 Å². The lowest BCUT2D eigenvalue weighted by Gasteiger charge is -2.10. The number of carbonyl (C=O) groups is 1. The minimum Gasteiger partial charge on any atom is -0.460 e. The average Bonchev–Trinajstić information content (AvgIpc) is 3.17. The summed E-state index contributed by atoms with van der Waals surface area (Å²) in [4.78, 5) is 12.3. The van der Waals surface area contributed by atoms with Crippen LogP contribution in [0.3, 0.4) is 0 Å². The van der Waals surface area contributed by atoms with Crippen LogP contribution in [0, 0.1) is 58.8 Å². The van der Waals surface area contributed by atoms with E-state index in [2.05, 4.69) is 0 Å². The van der Waals surface area contributed by atoms with Gasteiger partial charge < -0.3 is 4.74 Å². The summed E-state index contributed by atoms with van der Waals surface area (Å²) in [7, 11) is 0. The summed E-state index contributed by atoms with van der Waals surface area (Å²) < 4.78 is 59.9. The van der Waals surface area contributed by atoms with Crippen LogP contribution in [0.4, 0.5) is 17.6 Å². The molecule has 1 saturated carbocycles. The molecule has 3 nitrogen and oxygen atoms in total. The van der Waals surface area contributed by atoms with Gasteiger partial charge in [-0.15, -0.1) is 0 Å². The maximum absolute atomic E-state index is 13.9. The Balaban J connectivity index is 2.17. The summed E-state index contributed by atoms with van der Waals surface area (Å²) in [6.45, 7) is 5.31. The topological polar surface area (TPSA) is 50.1 Å². The number of carbonyl (C=O) groups excluding carboxylic acids is 1. The Morgan fingerprint density at radius 2 is 1.74 bits per heavy atom. The van der Waals surface area contributed by atoms with Gasteiger partial charge in [-0.2, -0.15) is 5.26 Å². The lowest BCUT2D eigenvalue weighted by atomic mass is 10.1. The van der Waals surface area contributed by atoms with Crippen LogP contribution in [0.5, 0.6) is 0 Å². The van der Waals surface area contributed by atoms with Crippen LogP contribution in [-0.4, -0.2) is 5.97 Å². The summed E-state index contributed by atoms with van der Waals surface area (Å²) in [6.07, 6.45) is 4.92. The van der Waals surface area contributed by atoms with Crippen LogP contribution >= 0.6 is 0 Å². The van der Waals surface area contributed by atoms with Gasteiger partial charge in [0, 0.05) is 11.1 Å². The summed E-state index contributed by atoms with van der Waals surface area (Å²) in [5, 5.41) is 9.08. The first-order valence-corrected chi connectivity index (χ1v) is 8.30. The van der Waals surface area contributed by atoms with Crippen molar-refractivity contribution in [2.24, 2.45) is 17.3 Å². The third kappa shape index (κ3) is 3.75. The van der Waals surface area contributed by atoms with E-state index < -0.39 is 58.3 Å². The van der Waals surface area contributed by atoms with Crippen molar-refractivity contribution in [1.82, 2.24) is 0 Å². The van der Waals surface area contributed by atoms with E-state index in [0.717, 1.165) is 6.92 Å². The number of halogens is 4. The summed E-state index contributed by atoms with van der Waals surface area (Å²) in [5.41, 5.74) is -1.88. The Kier molecular flexibility index (Phi) is 5.79. The first-order chi connectivity index (χ1) is 12.6. The van der Waals surface area contributed by atoms with E-state index in [9.17, 15) is 22.4 Å². The van der Waals surface area contributed by atoms with Crippen molar-refractivity contribution in [3.63, 3.8) is 0 Å². The molecule has 2 rings (SSSR count). The largest absolute Gasteiger partial charge is 0.460 e. The van der Waals surface area contributed by atoms with Crippen molar-refractivity contribution >= 4 is 5.97 Å². The lowest BCUT2D eigenvalue weighted by Crippen LogP contribution is -2.14. The molecule has 0 N–H and O–H groups in total. The van der Waals surface area contributed by atoms with Gasteiger partial charge in [0.25, 0.3) is 0 Å². The van der Waals surface area contributed by atoms with Gasteiger partial charge >= 0.3 is 5.97 Å². The smallest absolute Gasteiger partial charge is 0.310 e. The van der Waals surface area contributed by atoms with Gasteiger partial charge in [-0.05, 0) is 31.3 Å². The predicted molar refractivity (Wildman–Crippen MR) is 90.1 cm³/mol. The molecule has 1 fully saturated rings. The fourth-order valence-corrected chi connectivity index (χ4v) is 3.09. The highest BCUT2D eigenvalue weighted by Gasteiger charge is 2.61. The number of hydrogen-bond donors (Lipinski definition) is 0. The van der Waals surface area contributed by atoms with Crippen LogP contribution in [0.25, 0.3) is 0 Å². The molecule has 0 aliphatic heterocycles. The van der Waals surface area contributed by atoms with E-state index >= 15 is 0 Å². The Hall–Kier alpha value is -2.62. The number of nitrogens with zero attached hydrogens (tertiary/aromatic N) is 1. The predicted octanol–water partition coefficient (Wildman–Crippen LogP) is 4.89. The van der Waals surface area contributed by atoms with Crippen molar-refractivity contribution in [1.29, 1.82) is 5.26 Å². The van der Waals surface area contributed by atoms with E-state index in [4.69, 9.17) is 10.00 Å². The molecule has 0 bridgehead atoms. The zero-order chi connectivity index (χ0) is 20.5. The molecule has 0 spiro atoms. The Morgan fingerprint density at radius 3 is 2.22 bits per heavy atom. The van der Waals surface area contributed by atoms with Crippen LogP contribution in [0.15, 0.2) is 23.8 Å². The number of nitriles is 1. The van der Waals surface area contributed by atoms with E-state index in [1.165, 1.54) is 0 Å². The van der Waals surface area contributed by atoms with E-state index in [0.29, 0.717) is 5.57 Å². The van der Waals surface area contributed by atoms with Crippen molar-refractivity contribution in [2.75, 3.05) is 0 Å². The van der Waals surface area contributed by atoms with Crippen LogP contribution < -0.4 is 0 Å².